The van der Waals surface area contributed by atoms with Gasteiger partial charge >= 0.3 is 0 Å². The van der Waals surface area contributed by atoms with Crippen LogP contribution in [0.2, 0.25) is 0 Å². The number of aliphatic hydroxyl groups excluding tert-OH is 1. The summed E-state index contributed by atoms with van der Waals surface area (Å²) in [4.78, 5) is 11.9. The van der Waals surface area contributed by atoms with Crippen LogP contribution in [0, 0.1) is 11.6 Å². The second kappa shape index (κ2) is 7.40. The van der Waals surface area contributed by atoms with E-state index in [0.717, 1.165) is 29.0 Å². The molecule has 0 aromatic heterocycles. The van der Waals surface area contributed by atoms with Crippen molar-refractivity contribution in [2.24, 2.45) is 0 Å². The smallest absolute Gasteiger partial charge is 0.224 e. The first-order chi connectivity index (χ1) is 12.0. The fraction of sp³-hybridized carbons (Fsp3) is 0.150. The molecule has 2 N–H and O–H groups in total. The van der Waals surface area contributed by atoms with Gasteiger partial charge in [0.1, 0.15) is 11.6 Å². The molecular formula is C20H17F2NO2. The molecule has 3 rings (SSSR count). The van der Waals surface area contributed by atoms with Gasteiger partial charge in [0.15, 0.2) is 0 Å². The van der Waals surface area contributed by atoms with Crippen molar-refractivity contribution in [3.63, 3.8) is 0 Å². The van der Waals surface area contributed by atoms with Gasteiger partial charge in [-0.15, -0.1) is 0 Å². The van der Waals surface area contributed by atoms with E-state index < -0.39 is 23.6 Å². The Balaban J connectivity index is 1.61. The van der Waals surface area contributed by atoms with E-state index in [2.05, 4.69) is 5.32 Å². The summed E-state index contributed by atoms with van der Waals surface area (Å²) in [5.74, 6) is -1.71. The fourth-order valence-electron chi connectivity index (χ4n) is 2.66. The number of fused-ring (bicyclic) bond motifs is 1. The number of rotatable bonds is 5. The van der Waals surface area contributed by atoms with E-state index in [-0.39, 0.29) is 18.5 Å². The van der Waals surface area contributed by atoms with Gasteiger partial charge in [-0.25, -0.2) is 8.78 Å². The van der Waals surface area contributed by atoms with Crippen LogP contribution in [-0.4, -0.2) is 17.6 Å². The number of hydrogen-bond donors (Lipinski definition) is 2. The average Bonchev–Trinajstić information content (AvgIpc) is 2.62. The summed E-state index contributed by atoms with van der Waals surface area (Å²) in [7, 11) is 0. The average molecular weight is 341 g/mol. The minimum absolute atomic E-state index is 0.00584. The molecule has 0 fully saturated rings. The first-order valence-electron chi connectivity index (χ1n) is 7.90. The van der Waals surface area contributed by atoms with Crippen molar-refractivity contribution in [1.29, 1.82) is 0 Å². The molecule has 0 aliphatic rings. The van der Waals surface area contributed by atoms with Gasteiger partial charge in [-0.3, -0.25) is 4.79 Å². The van der Waals surface area contributed by atoms with Gasteiger partial charge in [-0.2, -0.15) is 0 Å². The molecular weight excluding hydrogens is 324 g/mol. The SMILES string of the molecule is O=C(Cc1cc(F)ccc1F)NCC(O)c1ccc2ccccc2c1. The molecule has 1 amide bonds. The lowest BCUT2D eigenvalue weighted by Crippen LogP contribution is -2.30. The van der Waals surface area contributed by atoms with E-state index in [9.17, 15) is 18.7 Å². The Morgan fingerprint density at radius 3 is 2.56 bits per heavy atom. The summed E-state index contributed by atoms with van der Waals surface area (Å²) in [6.45, 7) is -0.00584. The molecule has 0 spiro atoms. The van der Waals surface area contributed by atoms with Crippen molar-refractivity contribution >= 4 is 16.7 Å². The molecule has 25 heavy (non-hydrogen) atoms. The van der Waals surface area contributed by atoms with Crippen molar-refractivity contribution in [3.8, 4) is 0 Å². The number of amides is 1. The van der Waals surface area contributed by atoms with Gasteiger partial charge in [0.25, 0.3) is 0 Å². The zero-order valence-corrected chi connectivity index (χ0v) is 13.4. The van der Waals surface area contributed by atoms with Crippen molar-refractivity contribution in [1.82, 2.24) is 5.32 Å². The monoisotopic (exact) mass is 341 g/mol. The second-order valence-electron chi connectivity index (χ2n) is 5.84. The van der Waals surface area contributed by atoms with Crippen LogP contribution in [0.3, 0.4) is 0 Å². The highest BCUT2D eigenvalue weighted by atomic mass is 19.1. The third kappa shape index (κ3) is 4.19. The Morgan fingerprint density at radius 1 is 1.00 bits per heavy atom. The van der Waals surface area contributed by atoms with Crippen molar-refractivity contribution in [2.75, 3.05) is 6.54 Å². The number of aliphatic hydroxyl groups is 1. The highest BCUT2D eigenvalue weighted by molar-refractivity contribution is 5.83. The lowest BCUT2D eigenvalue weighted by molar-refractivity contribution is -0.120. The van der Waals surface area contributed by atoms with Crippen LogP contribution < -0.4 is 5.32 Å². The van der Waals surface area contributed by atoms with Gasteiger partial charge in [-0.05, 0) is 40.6 Å². The standard InChI is InChI=1S/C20H17F2NO2/c21-17-7-8-18(22)16(10-17)11-20(25)23-12-19(24)15-6-5-13-3-1-2-4-14(13)9-15/h1-10,19,24H,11-12H2,(H,23,25). The van der Waals surface area contributed by atoms with Gasteiger partial charge in [0.05, 0.1) is 12.5 Å². The van der Waals surface area contributed by atoms with Crippen molar-refractivity contribution in [3.05, 3.63) is 83.4 Å². The van der Waals surface area contributed by atoms with Crippen molar-refractivity contribution in [2.45, 2.75) is 12.5 Å². The summed E-state index contributed by atoms with van der Waals surface area (Å²) in [6.07, 6.45) is -1.17. The quantitative estimate of drug-likeness (QED) is 0.746. The number of hydrogen-bond acceptors (Lipinski definition) is 2. The van der Waals surface area contributed by atoms with Gasteiger partial charge in [-0.1, -0.05) is 36.4 Å². The zero-order valence-electron chi connectivity index (χ0n) is 13.4. The summed E-state index contributed by atoms with van der Waals surface area (Å²) in [5, 5.41) is 14.8. The normalized spacial score (nSPS) is 12.1. The lowest BCUT2D eigenvalue weighted by Gasteiger charge is -2.13. The van der Waals surface area contributed by atoms with Crippen LogP contribution in [0.5, 0.6) is 0 Å². The third-order valence-corrected chi connectivity index (χ3v) is 4.01. The molecule has 0 aliphatic heterocycles. The van der Waals surface area contributed by atoms with Crippen LogP contribution in [0.15, 0.2) is 60.7 Å². The van der Waals surface area contributed by atoms with Gasteiger partial charge < -0.3 is 10.4 Å². The minimum atomic E-state index is -0.883. The Bertz CT molecular complexity index is 911. The van der Waals surface area contributed by atoms with Crippen LogP contribution in [0.25, 0.3) is 10.8 Å². The predicted octanol–water partition coefficient (Wildman–Crippen LogP) is 3.51. The molecule has 0 saturated carbocycles. The number of halogens is 2. The molecule has 0 heterocycles. The summed E-state index contributed by atoms with van der Waals surface area (Å²) >= 11 is 0. The largest absolute Gasteiger partial charge is 0.387 e. The fourth-order valence-corrected chi connectivity index (χ4v) is 2.66. The van der Waals surface area contributed by atoms with E-state index in [1.165, 1.54) is 0 Å². The molecule has 0 radical (unpaired) electrons. The molecule has 128 valence electrons. The summed E-state index contributed by atoms with van der Waals surface area (Å²) in [5.41, 5.74) is 0.661. The maximum absolute atomic E-state index is 13.5. The molecule has 3 aromatic rings. The topological polar surface area (TPSA) is 49.3 Å². The molecule has 0 saturated heterocycles. The van der Waals surface area contributed by atoms with E-state index >= 15 is 0 Å². The Morgan fingerprint density at radius 2 is 1.76 bits per heavy atom. The van der Waals surface area contributed by atoms with E-state index in [0.29, 0.717) is 5.56 Å². The van der Waals surface area contributed by atoms with Gasteiger partial charge in [0.2, 0.25) is 5.91 Å². The summed E-state index contributed by atoms with van der Waals surface area (Å²) < 4.78 is 26.7. The van der Waals surface area contributed by atoms with Crippen LogP contribution in [-0.2, 0) is 11.2 Å². The molecule has 1 atom stereocenters. The Hall–Kier alpha value is -2.79. The lowest BCUT2D eigenvalue weighted by atomic mass is 10.0. The molecule has 3 nitrogen and oxygen atoms in total. The first kappa shape index (κ1) is 17.0. The van der Waals surface area contributed by atoms with Crippen LogP contribution in [0.1, 0.15) is 17.2 Å². The number of nitrogens with one attached hydrogen (secondary N) is 1. The van der Waals surface area contributed by atoms with Crippen LogP contribution in [0.4, 0.5) is 8.78 Å². The molecule has 1 unspecified atom stereocenters. The Kier molecular flexibility index (Phi) is 5.05. The molecule has 0 bridgehead atoms. The van der Waals surface area contributed by atoms with E-state index in [4.69, 9.17) is 0 Å². The number of carbonyl (C=O) groups excluding carboxylic acids is 1. The van der Waals surface area contributed by atoms with E-state index in [1.54, 1.807) is 6.07 Å². The van der Waals surface area contributed by atoms with Gasteiger partial charge in [0, 0.05) is 12.1 Å². The highest BCUT2D eigenvalue weighted by Gasteiger charge is 2.13. The van der Waals surface area contributed by atoms with E-state index in [1.807, 2.05) is 36.4 Å². The molecule has 0 aliphatic carbocycles. The number of benzene rings is 3. The molecule has 3 aromatic carbocycles. The number of carbonyl (C=O) groups is 1. The van der Waals surface area contributed by atoms with Crippen molar-refractivity contribution < 1.29 is 18.7 Å². The zero-order chi connectivity index (χ0) is 17.8. The first-order valence-corrected chi connectivity index (χ1v) is 7.90. The second-order valence-corrected chi connectivity index (χ2v) is 5.84. The minimum Gasteiger partial charge on any atom is -0.387 e. The highest BCUT2D eigenvalue weighted by Crippen LogP contribution is 2.20. The predicted molar refractivity (Wildman–Crippen MR) is 92.0 cm³/mol. The summed E-state index contributed by atoms with van der Waals surface area (Å²) in [6, 6.07) is 16.3. The maximum atomic E-state index is 13.5. The Labute approximate surface area is 143 Å². The van der Waals surface area contributed by atoms with Crippen LogP contribution >= 0.6 is 0 Å². The molecule has 5 heteroatoms. The maximum Gasteiger partial charge on any atom is 0.224 e. The third-order valence-electron chi connectivity index (χ3n) is 4.01.